The minimum Gasteiger partial charge on any atom is -0.415 e. The number of ether oxygens (including phenoxy) is 2. The van der Waals surface area contributed by atoms with Gasteiger partial charge in [-0.05, 0) is 38.9 Å². The smallest absolute Gasteiger partial charge is 0.192 e. The Morgan fingerprint density at radius 1 is 1.20 bits per heavy atom. The highest BCUT2D eigenvalue weighted by Crippen LogP contribution is 2.37. The van der Waals surface area contributed by atoms with Gasteiger partial charge >= 0.3 is 0 Å². The average Bonchev–Trinajstić information content (AvgIpc) is 2.48. The molecule has 1 rings (SSSR count). The van der Waals surface area contributed by atoms with Gasteiger partial charge in [0.15, 0.2) is 8.32 Å². The molecule has 0 bridgehead atoms. The van der Waals surface area contributed by atoms with Gasteiger partial charge in [-0.3, -0.25) is 0 Å². The monoisotopic (exact) mass is 391 g/mol. The first-order valence-electron chi connectivity index (χ1n) is 8.91. The van der Waals surface area contributed by atoms with Gasteiger partial charge in [0.2, 0.25) is 0 Å². The molecule has 0 aromatic heterocycles. The predicted molar refractivity (Wildman–Crippen MR) is 107 cm³/mol. The molecule has 0 unspecified atom stereocenters. The molecule has 0 saturated heterocycles. The Morgan fingerprint density at radius 3 is 2.28 bits per heavy atom. The lowest BCUT2D eigenvalue weighted by Gasteiger charge is -2.43. The Labute approximate surface area is 157 Å². The summed E-state index contributed by atoms with van der Waals surface area (Å²) in [5.41, 5.74) is 0. The molecule has 3 atom stereocenters. The van der Waals surface area contributed by atoms with Crippen LogP contribution >= 0.6 is 0 Å². The zero-order valence-corrected chi connectivity index (χ0v) is 19.2. The fourth-order valence-electron chi connectivity index (χ4n) is 2.27. The number of hydrogen-bond acceptors (Lipinski definition) is 4. The molecule has 0 spiro atoms. The molecule has 0 aliphatic carbocycles. The van der Waals surface area contributed by atoms with Gasteiger partial charge in [-0.15, -0.1) is 0 Å². The van der Waals surface area contributed by atoms with E-state index in [0.29, 0.717) is 13.2 Å². The van der Waals surface area contributed by atoms with Crippen molar-refractivity contribution in [2.24, 2.45) is 0 Å². The normalized spacial score (nSPS) is 24.5. The Morgan fingerprint density at radius 2 is 1.80 bits per heavy atom. The summed E-state index contributed by atoms with van der Waals surface area (Å²) in [4.78, 5) is 0. The van der Waals surface area contributed by atoms with E-state index in [4.69, 9.17) is 13.9 Å². The highest BCUT2D eigenvalue weighted by atomic mass is 32.2. The average molecular weight is 392 g/mol. The fourth-order valence-corrected chi connectivity index (χ4v) is 4.64. The number of nitrogens with zero attached hydrogens (tertiary/aromatic N) is 1. The van der Waals surface area contributed by atoms with Gasteiger partial charge in [-0.2, -0.15) is 0 Å². The van der Waals surface area contributed by atoms with Crippen LogP contribution in [0.15, 0.2) is 12.2 Å². The van der Waals surface area contributed by atoms with Crippen molar-refractivity contribution in [1.29, 1.82) is 0 Å². The van der Waals surface area contributed by atoms with Crippen LogP contribution < -0.4 is 0 Å². The second-order valence-electron chi connectivity index (χ2n) is 9.07. The van der Waals surface area contributed by atoms with Gasteiger partial charge in [0, 0.05) is 13.7 Å². The van der Waals surface area contributed by atoms with Gasteiger partial charge in [-0.1, -0.05) is 32.9 Å². The molecule has 7 heteroatoms. The highest BCUT2D eigenvalue weighted by Gasteiger charge is 2.41. The molecule has 1 aliphatic rings. The van der Waals surface area contributed by atoms with E-state index in [0.717, 1.165) is 0 Å². The maximum absolute atomic E-state index is 13.0. The minimum absolute atomic E-state index is 0.0886. The summed E-state index contributed by atoms with van der Waals surface area (Å²) in [6.07, 6.45) is 3.87. The second kappa shape index (κ2) is 8.76. The molecular weight excluding hydrogens is 354 g/mol. The quantitative estimate of drug-likeness (QED) is 0.377. The molecule has 0 radical (unpaired) electrons. The summed E-state index contributed by atoms with van der Waals surface area (Å²) in [5, 5.41) is 0.133. The highest BCUT2D eigenvalue weighted by molar-refractivity contribution is 7.84. The van der Waals surface area contributed by atoms with Crippen molar-refractivity contribution in [2.45, 2.75) is 76.6 Å². The third-order valence-electron chi connectivity index (χ3n) is 4.90. The van der Waals surface area contributed by atoms with Crippen molar-refractivity contribution in [3.63, 3.8) is 0 Å². The summed E-state index contributed by atoms with van der Waals surface area (Å²) in [6, 6.07) is -0.0886. The number of rotatable bonds is 7. The van der Waals surface area contributed by atoms with Crippen LogP contribution in [-0.2, 0) is 24.9 Å². The van der Waals surface area contributed by atoms with E-state index in [9.17, 15) is 4.21 Å². The van der Waals surface area contributed by atoms with Crippen molar-refractivity contribution in [2.75, 3.05) is 27.1 Å². The second-order valence-corrected chi connectivity index (χ2v) is 16.1. The third kappa shape index (κ3) is 6.25. The Hall–Kier alpha value is -0.0531. The first-order chi connectivity index (χ1) is 11.3. The Bertz CT molecular complexity index is 482. The SMILES string of the molecule is COCO[C@@H]1C=CCN([S@](=O)C(C)(C)C)[C@H]1CO[Si](C)(C)C(C)(C)C. The summed E-state index contributed by atoms with van der Waals surface area (Å²) in [6.45, 7) is 18.5. The molecule has 0 amide bonds. The molecule has 148 valence electrons. The fraction of sp³-hybridized carbons (Fsp3) is 0.889. The largest absolute Gasteiger partial charge is 0.415 e. The van der Waals surface area contributed by atoms with Crippen LogP contribution in [0.3, 0.4) is 0 Å². The Balaban J connectivity index is 3.01. The van der Waals surface area contributed by atoms with E-state index < -0.39 is 19.3 Å². The van der Waals surface area contributed by atoms with Crippen LogP contribution in [0.2, 0.25) is 18.1 Å². The predicted octanol–water partition coefficient (Wildman–Crippen LogP) is 3.70. The lowest BCUT2D eigenvalue weighted by molar-refractivity contribution is -0.0804. The zero-order chi connectivity index (χ0) is 19.5. The van der Waals surface area contributed by atoms with Crippen molar-refractivity contribution < 1.29 is 18.1 Å². The van der Waals surface area contributed by atoms with Crippen molar-refractivity contribution in [3.8, 4) is 0 Å². The van der Waals surface area contributed by atoms with E-state index in [1.54, 1.807) is 7.11 Å². The van der Waals surface area contributed by atoms with E-state index >= 15 is 0 Å². The van der Waals surface area contributed by atoms with Gasteiger partial charge in [-0.25, -0.2) is 8.51 Å². The summed E-state index contributed by atoms with van der Waals surface area (Å²) >= 11 is 0. The molecule has 0 aromatic rings. The maximum atomic E-state index is 13.0. The van der Waals surface area contributed by atoms with Crippen molar-refractivity contribution in [1.82, 2.24) is 4.31 Å². The number of hydrogen-bond donors (Lipinski definition) is 0. The molecule has 0 N–H and O–H groups in total. The van der Waals surface area contributed by atoms with Crippen molar-refractivity contribution in [3.05, 3.63) is 12.2 Å². The van der Waals surface area contributed by atoms with Gasteiger partial charge < -0.3 is 13.9 Å². The first-order valence-corrected chi connectivity index (χ1v) is 12.9. The van der Waals surface area contributed by atoms with Crippen LogP contribution in [0.4, 0.5) is 0 Å². The molecule has 1 aliphatic heterocycles. The maximum Gasteiger partial charge on any atom is 0.192 e. The molecule has 0 fully saturated rings. The molecular formula is C18H37NO4SSi. The first kappa shape index (κ1) is 23.0. The van der Waals surface area contributed by atoms with Crippen LogP contribution in [-0.4, -0.2) is 60.8 Å². The summed E-state index contributed by atoms with van der Waals surface area (Å²) < 4.78 is 32.1. The zero-order valence-electron chi connectivity index (χ0n) is 17.4. The van der Waals surface area contributed by atoms with Gasteiger partial charge in [0.1, 0.15) is 17.8 Å². The standard InChI is InChI=1S/C18H37NO4SSi/c1-17(2,3)24(20)19-12-10-11-16(22-14-21-7)15(19)13-23-25(8,9)18(4,5)6/h10-11,15-16H,12-14H2,1-9H3/t15-,16+,24+/m0/s1. The van der Waals surface area contributed by atoms with E-state index in [1.165, 1.54) is 0 Å². The molecule has 25 heavy (non-hydrogen) atoms. The lowest BCUT2D eigenvalue weighted by Crippen LogP contribution is -2.55. The molecule has 1 heterocycles. The van der Waals surface area contributed by atoms with Crippen LogP contribution in [0.5, 0.6) is 0 Å². The van der Waals surface area contributed by atoms with E-state index in [1.807, 2.05) is 37.2 Å². The Kier molecular flexibility index (Phi) is 8.05. The van der Waals surface area contributed by atoms with Crippen LogP contribution in [0, 0.1) is 0 Å². The summed E-state index contributed by atoms with van der Waals surface area (Å²) in [7, 11) is -1.42. The molecule has 5 nitrogen and oxygen atoms in total. The van der Waals surface area contributed by atoms with Gasteiger partial charge in [0.05, 0.1) is 23.5 Å². The topological polar surface area (TPSA) is 48.0 Å². The summed E-state index contributed by atoms with van der Waals surface area (Å²) in [5.74, 6) is 0. The molecule has 0 aromatic carbocycles. The van der Waals surface area contributed by atoms with Crippen LogP contribution in [0.1, 0.15) is 41.5 Å². The third-order valence-corrected chi connectivity index (χ3v) is 11.3. The van der Waals surface area contributed by atoms with E-state index in [-0.39, 0.29) is 28.7 Å². The van der Waals surface area contributed by atoms with Crippen molar-refractivity contribution >= 4 is 19.3 Å². The number of methoxy groups -OCH3 is 1. The molecule has 0 saturated carbocycles. The van der Waals surface area contributed by atoms with E-state index in [2.05, 4.69) is 33.9 Å². The lowest BCUT2D eigenvalue weighted by atomic mass is 10.1. The minimum atomic E-state index is -1.90. The van der Waals surface area contributed by atoms with Gasteiger partial charge in [0.25, 0.3) is 0 Å². The van der Waals surface area contributed by atoms with Crippen LogP contribution in [0.25, 0.3) is 0 Å².